The highest BCUT2D eigenvalue weighted by Crippen LogP contribution is 2.50. The van der Waals surface area contributed by atoms with Crippen LogP contribution in [0.25, 0.3) is 10.2 Å². The van der Waals surface area contributed by atoms with E-state index in [2.05, 4.69) is 4.98 Å². The number of urea groups is 1. The lowest BCUT2D eigenvalue weighted by Gasteiger charge is -2.29. The molecular weight excluding hydrogens is 414 g/mol. The summed E-state index contributed by atoms with van der Waals surface area (Å²) in [7, 11) is 2.60. The summed E-state index contributed by atoms with van der Waals surface area (Å²) in [6, 6.07) is 5.68. The Labute approximate surface area is 176 Å². The van der Waals surface area contributed by atoms with Gasteiger partial charge in [-0.3, -0.25) is 4.90 Å². The van der Waals surface area contributed by atoms with E-state index >= 15 is 0 Å². The molecule has 0 spiro atoms. The zero-order valence-electron chi connectivity index (χ0n) is 16.4. The van der Waals surface area contributed by atoms with Crippen molar-refractivity contribution >= 4 is 51.3 Å². The molecular formula is C19H21N3O5S2. The number of esters is 2. The number of amides is 2. The van der Waals surface area contributed by atoms with E-state index in [-0.39, 0.29) is 6.54 Å². The van der Waals surface area contributed by atoms with Crippen LogP contribution in [0.3, 0.4) is 0 Å². The van der Waals surface area contributed by atoms with Gasteiger partial charge < -0.3 is 14.4 Å². The van der Waals surface area contributed by atoms with Gasteiger partial charge in [-0.05, 0) is 26.0 Å². The largest absolute Gasteiger partial charge is 0.467 e. The lowest BCUT2D eigenvalue weighted by molar-refractivity contribution is -0.148. The Kier molecular flexibility index (Phi) is 4.94. The molecule has 29 heavy (non-hydrogen) atoms. The first-order chi connectivity index (χ1) is 13.8. The molecule has 8 nitrogen and oxygen atoms in total. The van der Waals surface area contributed by atoms with E-state index in [0.717, 1.165) is 10.2 Å². The number of hydrogen-bond donors (Lipinski definition) is 0. The molecule has 2 aliphatic heterocycles. The maximum Gasteiger partial charge on any atom is 0.331 e. The minimum atomic E-state index is -0.835. The van der Waals surface area contributed by atoms with Crippen LogP contribution in [-0.2, 0) is 25.6 Å². The number of thioether (sulfide) groups is 1. The molecule has 2 saturated heterocycles. The average molecular weight is 436 g/mol. The second-order valence-corrected chi connectivity index (χ2v) is 10.3. The summed E-state index contributed by atoms with van der Waals surface area (Å²) >= 11 is 2.88. The third-order valence-electron chi connectivity index (χ3n) is 5.22. The predicted molar refractivity (Wildman–Crippen MR) is 109 cm³/mol. The van der Waals surface area contributed by atoms with Crippen LogP contribution in [0, 0.1) is 0 Å². The molecule has 4 rings (SSSR count). The monoisotopic (exact) mass is 435 g/mol. The zero-order chi connectivity index (χ0) is 20.9. The van der Waals surface area contributed by atoms with Gasteiger partial charge >= 0.3 is 18.0 Å². The zero-order valence-corrected chi connectivity index (χ0v) is 18.1. The second kappa shape index (κ2) is 7.17. The standard InChI is InChI=1S/C19H21N3O5S2/c1-19(2)14(17(24)27-4)22-15(29-19)13(16(23)26-3)21(18(22)25)9-12-20-10-7-5-6-8-11(10)28-12/h5-8,13-15H,9H2,1-4H3/t13?,14?,15-/m1/s1. The first-order valence-electron chi connectivity index (χ1n) is 9.05. The van der Waals surface area contributed by atoms with Gasteiger partial charge in [0.1, 0.15) is 16.4 Å². The van der Waals surface area contributed by atoms with Crippen molar-refractivity contribution in [2.75, 3.05) is 14.2 Å². The van der Waals surface area contributed by atoms with Gasteiger partial charge in [-0.25, -0.2) is 19.4 Å². The summed E-state index contributed by atoms with van der Waals surface area (Å²) in [4.78, 5) is 46.0. The van der Waals surface area contributed by atoms with E-state index in [1.165, 1.54) is 47.1 Å². The number of thiazole rings is 1. The van der Waals surface area contributed by atoms with Crippen LogP contribution in [0.15, 0.2) is 24.3 Å². The predicted octanol–water partition coefficient (Wildman–Crippen LogP) is 2.47. The van der Waals surface area contributed by atoms with Crippen LogP contribution < -0.4 is 0 Å². The molecule has 0 saturated carbocycles. The molecule has 10 heteroatoms. The van der Waals surface area contributed by atoms with Crippen molar-refractivity contribution in [3.05, 3.63) is 29.3 Å². The lowest BCUT2D eigenvalue weighted by Crippen LogP contribution is -2.50. The Balaban J connectivity index is 1.71. The smallest absolute Gasteiger partial charge is 0.331 e. The Hall–Kier alpha value is -2.33. The molecule has 0 N–H and O–H groups in total. The van der Waals surface area contributed by atoms with Crippen molar-refractivity contribution in [3.63, 3.8) is 0 Å². The van der Waals surface area contributed by atoms with E-state index in [1.54, 1.807) is 0 Å². The Morgan fingerprint density at radius 2 is 1.86 bits per heavy atom. The van der Waals surface area contributed by atoms with Gasteiger partial charge in [0.2, 0.25) is 0 Å². The molecule has 0 bridgehead atoms. The summed E-state index contributed by atoms with van der Waals surface area (Å²) in [5.74, 6) is -1.01. The highest BCUT2D eigenvalue weighted by Gasteiger charge is 2.64. The summed E-state index contributed by atoms with van der Waals surface area (Å²) in [6.45, 7) is 3.91. The van der Waals surface area contributed by atoms with Crippen molar-refractivity contribution in [1.29, 1.82) is 0 Å². The first-order valence-corrected chi connectivity index (χ1v) is 10.7. The topological polar surface area (TPSA) is 89.0 Å². The summed E-state index contributed by atoms with van der Waals surface area (Å²) in [5.41, 5.74) is 0.845. The maximum atomic E-state index is 13.4. The van der Waals surface area contributed by atoms with E-state index in [9.17, 15) is 14.4 Å². The minimum absolute atomic E-state index is 0.166. The number of para-hydroxylation sites is 1. The molecule has 2 amide bonds. The van der Waals surface area contributed by atoms with E-state index < -0.39 is 40.2 Å². The minimum Gasteiger partial charge on any atom is -0.467 e. The number of hydrogen-bond acceptors (Lipinski definition) is 8. The molecule has 0 aliphatic carbocycles. The van der Waals surface area contributed by atoms with Gasteiger partial charge in [0, 0.05) is 4.75 Å². The molecule has 2 fully saturated rings. The SMILES string of the molecule is COC(=O)C1[C@H]2SC(C)(C)C(C(=O)OC)N2C(=O)N1Cc1nc2ccccc2s1. The molecule has 2 aliphatic rings. The van der Waals surface area contributed by atoms with Crippen molar-refractivity contribution < 1.29 is 23.9 Å². The average Bonchev–Trinajstić information content (AvgIpc) is 3.30. The quantitative estimate of drug-likeness (QED) is 0.682. The van der Waals surface area contributed by atoms with Crippen molar-refractivity contribution in [1.82, 2.24) is 14.8 Å². The van der Waals surface area contributed by atoms with Crippen molar-refractivity contribution in [2.45, 2.75) is 42.6 Å². The maximum absolute atomic E-state index is 13.4. The number of benzene rings is 1. The van der Waals surface area contributed by atoms with E-state index in [4.69, 9.17) is 9.47 Å². The van der Waals surface area contributed by atoms with Crippen LogP contribution in [0.2, 0.25) is 0 Å². The van der Waals surface area contributed by atoms with Gasteiger partial charge in [0.05, 0.1) is 31.0 Å². The Morgan fingerprint density at radius 3 is 2.52 bits per heavy atom. The highest BCUT2D eigenvalue weighted by atomic mass is 32.2. The molecule has 1 aromatic heterocycles. The fraction of sp³-hybridized carbons (Fsp3) is 0.474. The summed E-state index contributed by atoms with van der Waals surface area (Å²) < 4.78 is 10.4. The number of nitrogens with zero attached hydrogens (tertiary/aromatic N) is 3. The number of aromatic nitrogens is 1. The molecule has 0 radical (unpaired) electrons. The fourth-order valence-corrected chi connectivity index (χ4v) is 6.58. The van der Waals surface area contributed by atoms with Crippen molar-refractivity contribution in [3.8, 4) is 0 Å². The summed E-state index contributed by atoms with van der Waals surface area (Å²) in [6.07, 6.45) is 0. The lowest BCUT2D eigenvalue weighted by atomic mass is 10.0. The summed E-state index contributed by atoms with van der Waals surface area (Å²) in [5, 5.41) is 0.178. The Morgan fingerprint density at radius 1 is 1.17 bits per heavy atom. The number of carbonyl (C=O) groups excluding carboxylic acids is 3. The number of methoxy groups -OCH3 is 2. The van der Waals surface area contributed by atoms with Crippen LogP contribution in [0.1, 0.15) is 18.9 Å². The first kappa shape index (κ1) is 20.0. The van der Waals surface area contributed by atoms with Gasteiger partial charge in [-0.15, -0.1) is 23.1 Å². The third-order valence-corrected chi connectivity index (χ3v) is 7.80. The molecule has 154 valence electrons. The molecule has 2 unspecified atom stereocenters. The molecule has 3 heterocycles. The van der Waals surface area contributed by atoms with E-state index in [0.29, 0.717) is 5.01 Å². The van der Waals surface area contributed by atoms with E-state index in [1.807, 2.05) is 38.1 Å². The van der Waals surface area contributed by atoms with Gasteiger partial charge in [0.25, 0.3) is 0 Å². The third kappa shape index (κ3) is 3.14. The molecule has 3 atom stereocenters. The Bertz CT molecular complexity index is 958. The highest BCUT2D eigenvalue weighted by molar-refractivity contribution is 8.01. The molecule has 2 aromatic rings. The number of rotatable bonds is 4. The van der Waals surface area contributed by atoms with Crippen LogP contribution in [0.5, 0.6) is 0 Å². The van der Waals surface area contributed by atoms with Crippen LogP contribution in [-0.4, -0.2) is 69.2 Å². The van der Waals surface area contributed by atoms with Gasteiger partial charge in [-0.1, -0.05) is 12.1 Å². The van der Waals surface area contributed by atoms with Crippen LogP contribution in [0.4, 0.5) is 4.79 Å². The molecule has 1 aromatic carbocycles. The number of ether oxygens (including phenoxy) is 2. The van der Waals surface area contributed by atoms with Crippen LogP contribution >= 0.6 is 23.1 Å². The van der Waals surface area contributed by atoms with Gasteiger partial charge in [-0.2, -0.15) is 0 Å². The number of fused-ring (bicyclic) bond motifs is 2. The van der Waals surface area contributed by atoms with Gasteiger partial charge in [0.15, 0.2) is 6.04 Å². The second-order valence-electron chi connectivity index (χ2n) is 7.40. The normalized spacial score (nSPS) is 25.4. The van der Waals surface area contributed by atoms with Crippen molar-refractivity contribution in [2.24, 2.45) is 0 Å². The fourth-order valence-electron chi connectivity index (χ4n) is 3.94. The number of carbonyl (C=O) groups is 3.